The van der Waals surface area contributed by atoms with Crippen molar-refractivity contribution in [2.24, 2.45) is 0 Å². The summed E-state index contributed by atoms with van der Waals surface area (Å²) in [5, 5.41) is 9.35. The summed E-state index contributed by atoms with van der Waals surface area (Å²) in [7, 11) is 0. The highest BCUT2D eigenvalue weighted by atomic mass is 19.3. The summed E-state index contributed by atoms with van der Waals surface area (Å²) in [6.07, 6.45) is 3.41. The Kier molecular flexibility index (Phi) is 5.05. The molecule has 0 aromatic heterocycles. The van der Waals surface area contributed by atoms with Crippen LogP contribution in [0.4, 0.5) is 8.78 Å². The lowest BCUT2D eigenvalue weighted by molar-refractivity contribution is -0.168. The van der Waals surface area contributed by atoms with Crippen molar-refractivity contribution in [3.05, 3.63) is 12.2 Å². The molecule has 1 N–H and O–H groups in total. The maximum Gasteiger partial charge on any atom is 0.353 e. The van der Waals surface area contributed by atoms with E-state index < -0.39 is 17.9 Å². The lowest BCUT2D eigenvalue weighted by atomic mass is 10.1. The lowest BCUT2D eigenvalue weighted by Gasteiger charge is -2.24. The van der Waals surface area contributed by atoms with Crippen molar-refractivity contribution in [1.29, 1.82) is 0 Å². The number of amides is 1. The van der Waals surface area contributed by atoms with Crippen molar-refractivity contribution in [2.75, 3.05) is 13.1 Å². The molecule has 0 spiro atoms. The summed E-state index contributed by atoms with van der Waals surface area (Å²) in [6, 6.07) is 0. The molecule has 1 atom stereocenters. The van der Waals surface area contributed by atoms with Gasteiger partial charge in [-0.15, -0.1) is 0 Å². The van der Waals surface area contributed by atoms with E-state index in [1.54, 1.807) is 0 Å². The first-order chi connectivity index (χ1) is 8.00. The minimum absolute atomic E-state index is 0.361. The molecule has 0 radical (unpaired) electrons. The van der Waals surface area contributed by atoms with Gasteiger partial charge in [-0.25, -0.2) is 0 Å². The van der Waals surface area contributed by atoms with Crippen LogP contribution in [-0.2, 0) is 4.79 Å². The smallest absolute Gasteiger partial charge is 0.353 e. The van der Waals surface area contributed by atoms with Gasteiger partial charge in [0, 0.05) is 13.1 Å². The van der Waals surface area contributed by atoms with Gasteiger partial charge in [-0.05, 0) is 19.3 Å². The number of allylic oxidation sites excluding steroid dienone is 1. The van der Waals surface area contributed by atoms with Crippen LogP contribution in [0, 0.1) is 0 Å². The Balaban J connectivity index is 2.61. The summed E-state index contributed by atoms with van der Waals surface area (Å²) in [5.74, 6) is -4.97. The van der Waals surface area contributed by atoms with Crippen LogP contribution in [0.1, 0.15) is 32.6 Å². The Labute approximate surface area is 100 Å². The topological polar surface area (TPSA) is 40.5 Å². The molecule has 1 aliphatic heterocycles. The molecule has 0 aromatic rings. The van der Waals surface area contributed by atoms with Gasteiger partial charge in [0.25, 0.3) is 5.91 Å². The van der Waals surface area contributed by atoms with E-state index >= 15 is 0 Å². The maximum absolute atomic E-state index is 13.6. The number of hydrogen-bond donors (Lipinski definition) is 1. The molecule has 1 amide bonds. The summed E-state index contributed by atoms with van der Waals surface area (Å²) >= 11 is 0. The average molecular weight is 247 g/mol. The second kappa shape index (κ2) is 6.10. The van der Waals surface area contributed by atoms with Crippen molar-refractivity contribution in [2.45, 2.75) is 44.6 Å². The summed E-state index contributed by atoms with van der Waals surface area (Å²) in [6.45, 7) is 2.63. The largest absolute Gasteiger partial charge is 0.382 e. The highest BCUT2D eigenvalue weighted by Gasteiger charge is 2.48. The summed E-state index contributed by atoms with van der Waals surface area (Å²) in [5.41, 5.74) is 0. The van der Waals surface area contributed by atoms with Crippen molar-refractivity contribution in [3.63, 3.8) is 0 Å². The molecular formula is C12H19F2NO2. The van der Waals surface area contributed by atoms with Crippen molar-refractivity contribution >= 4 is 5.91 Å². The molecule has 5 heteroatoms. The van der Waals surface area contributed by atoms with Crippen LogP contribution >= 0.6 is 0 Å². The van der Waals surface area contributed by atoms with E-state index in [0.717, 1.165) is 30.2 Å². The van der Waals surface area contributed by atoms with E-state index in [-0.39, 0.29) is 0 Å². The maximum atomic E-state index is 13.6. The van der Waals surface area contributed by atoms with Crippen molar-refractivity contribution < 1.29 is 18.7 Å². The van der Waals surface area contributed by atoms with Crippen LogP contribution in [0.2, 0.25) is 0 Å². The third kappa shape index (κ3) is 3.49. The van der Waals surface area contributed by atoms with E-state index in [9.17, 15) is 18.7 Å². The van der Waals surface area contributed by atoms with Gasteiger partial charge < -0.3 is 10.0 Å². The second-order valence-corrected chi connectivity index (χ2v) is 4.28. The van der Waals surface area contributed by atoms with Crippen LogP contribution in [0.25, 0.3) is 0 Å². The highest BCUT2D eigenvalue weighted by molar-refractivity contribution is 5.84. The van der Waals surface area contributed by atoms with Crippen LogP contribution in [0.15, 0.2) is 12.2 Å². The predicted octanol–water partition coefficient (Wildman–Crippen LogP) is 1.96. The van der Waals surface area contributed by atoms with E-state index in [0.29, 0.717) is 19.5 Å². The lowest BCUT2D eigenvalue weighted by Crippen LogP contribution is -2.48. The first-order valence-electron chi connectivity index (χ1n) is 6.02. The molecule has 1 rings (SSSR count). The van der Waals surface area contributed by atoms with Crippen LogP contribution in [-0.4, -0.2) is 41.0 Å². The SMILES string of the molecule is CCC/C=C/[C@@H](O)C(F)(F)C(=O)N1CCCC1. The normalized spacial score (nSPS) is 18.9. The van der Waals surface area contributed by atoms with Gasteiger partial charge in [0.1, 0.15) is 6.10 Å². The second-order valence-electron chi connectivity index (χ2n) is 4.28. The quantitative estimate of drug-likeness (QED) is 0.754. The van der Waals surface area contributed by atoms with Gasteiger partial charge in [0.2, 0.25) is 0 Å². The van der Waals surface area contributed by atoms with Crippen LogP contribution < -0.4 is 0 Å². The van der Waals surface area contributed by atoms with Gasteiger partial charge >= 0.3 is 5.92 Å². The summed E-state index contributed by atoms with van der Waals surface area (Å²) < 4.78 is 27.2. The third-order valence-corrected chi connectivity index (χ3v) is 2.82. The zero-order valence-electron chi connectivity index (χ0n) is 10.0. The molecule has 17 heavy (non-hydrogen) atoms. The average Bonchev–Trinajstić information content (AvgIpc) is 2.81. The number of unbranched alkanes of at least 4 members (excludes halogenated alkanes) is 1. The Bertz CT molecular complexity index is 286. The number of alkyl halides is 2. The number of halogens is 2. The number of hydrogen-bond acceptors (Lipinski definition) is 2. The molecule has 0 aliphatic carbocycles. The fourth-order valence-corrected chi connectivity index (χ4v) is 1.77. The van der Waals surface area contributed by atoms with E-state index in [2.05, 4.69) is 0 Å². The van der Waals surface area contributed by atoms with E-state index in [1.807, 2.05) is 6.92 Å². The molecule has 0 bridgehead atoms. The zero-order valence-corrected chi connectivity index (χ0v) is 10.0. The first-order valence-corrected chi connectivity index (χ1v) is 6.02. The standard InChI is InChI=1S/C12H19F2NO2/c1-2-3-4-7-10(16)12(13,14)11(17)15-8-5-6-9-15/h4,7,10,16H,2-3,5-6,8-9H2,1H3/b7-4+/t10-/m1/s1. The van der Waals surface area contributed by atoms with Gasteiger partial charge in [-0.2, -0.15) is 8.78 Å². The number of carbonyl (C=O) groups excluding carboxylic acids is 1. The molecule has 1 aliphatic rings. The number of likely N-dealkylation sites (tertiary alicyclic amines) is 1. The molecule has 98 valence electrons. The van der Waals surface area contributed by atoms with Crippen molar-refractivity contribution in [1.82, 2.24) is 4.90 Å². The third-order valence-electron chi connectivity index (χ3n) is 2.82. The molecule has 0 saturated carbocycles. The predicted molar refractivity (Wildman–Crippen MR) is 60.8 cm³/mol. The zero-order chi connectivity index (χ0) is 12.9. The molecular weight excluding hydrogens is 228 g/mol. The van der Waals surface area contributed by atoms with E-state index in [4.69, 9.17) is 0 Å². The van der Waals surface area contributed by atoms with Gasteiger partial charge in [0.05, 0.1) is 0 Å². The molecule has 0 aromatic carbocycles. The fourth-order valence-electron chi connectivity index (χ4n) is 1.77. The Morgan fingerprint density at radius 2 is 2.06 bits per heavy atom. The van der Waals surface area contributed by atoms with Crippen molar-refractivity contribution in [3.8, 4) is 0 Å². The Hall–Kier alpha value is -0.970. The fraction of sp³-hybridized carbons (Fsp3) is 0.750. The number of carbonyl (C=O) groups is 1. The monoisotopic (exact) mass is 247 g/mol. The molecule has 1 saturated heterocycles. The van der Waals surface area contributed by atoms with Gasteiger partial charge in [-0.1, -0.05) is 25.5 Å². The van der Waals surface area contributed by atoms with Crippen LogP contribution in [0.3, 0.4) is 0 Å². The Morgan fingerprint density at radius 3 is 2.59 bits per heavy atom. The minimum atomic E-state index is -3.71. The van der Waals surface area contributed by atoms with E-state index in [1.165, 1.54) is 6.08 Å². The number of nitrogens with zero attached hydrogens (tertiary/aromatic N) is 1. The molecule has 1 fully saturated rings. The Morgan fingerprint density at radius 1 is 1.47 bits per heavy atom. The molecule has 1 heterocycles. The number of aliphatic hydroxyl groups excluding tert-OH is 1. The van der Waals surface area contributed by atoms with Gasteiger partial charge in [-0.3, -0.25) is 4.79 Å². The number of aliphatic hydroxyl groups is 1. The molecule has 3 nitrogen and oxygen atoms in total. The minimum Gasteiger partial charge on any atom is -0.382 e. The number of rotatable bonds is 5. The highest BCUT2D eigenvalue weighted by Crippen LogP contribution is 2.25. The molecule has 0 unspecified atom stereocenters. The first kappa shape index (κ1) is 14.1. The van der Waals surface area contributed by atoms with Crippen LogP contribution in [0.5, 0.6) is 0 Å². The van der Waals surface area contributed by atoms with Gasteiger partial charge in [0.15, 0.2) is 0 Å². The summed E-state index contributed by atoms with van der Waals surface area (Å²) in [4.78, 5) is 12.6.